The van der Waals surface area contributed by atoms with Gasteiger partial charge in [0.15, 0.2) is 5.82 Å². The van der Waals surface area contributed by atoms with Gasteiger partial charge in [0.05, 0.1) is 16.1 Å². The lowest BCUT2D eigenvalue weighted by molar-refractivity contribution is -0.192. The average Bonchev–Trinajstić information content (AvgIpc) is 3.27. The molecule has 1 aromatic heterocycles. The molecular weight excluding hydrogens is 491 g/mol. The number of carbonyl (C=O) groups is 2. The van der Waals surface area contributed by atoms with E-state index in [-0.39, 0.29) is 16.1 Å². The van der Waals surface area contributed by atoms with Crippen LogP contribution in [0.4, 0.5) is 24.7 Å². The maximum Gasteiger partial charge on any atom is 0.490 e. The Bertz CT molecular complexity index is 1150. The molecule has 0 aliphatic carbocycles. The van der Waals surface area contributed by atoms with Gasteiger partial charge in [0.1, 0.15) is 0 Å². The van der Waals surface area contributed by atoms with Crippen molar-refractivity contribution in [2.45, 2.75) is 44.2 Å². The summed E-state index contributed by atoms with van der Waals surface area (Å²) in [5.41, 5.74) is 1.20. The number of anilines is 2. The quantitative estimate of drug-likeness (QED) is 0.501. The van der Waals surface area contributed by atoms with Crippen LogP contribution in [0.5, 0.6) is 0 Å². The van der Waals surface area contributed by atoms with Crippen molar-refractivity contribution in [2.24, 2.45) is 5.92 Å². The third kappa shape index (κ3) is 8.12. The fraction of sp³-hybridized carbons (Fsp3) is 0.409. The Hall–Kier alpha value is -3.35. The van der Waals surface area contributed by atoms with Gasteiger partial charge in [-0.1, -0.05) is 26.0 Å². The summed E-state index contributed by atoms with van der Waals surface area (Å²) in [6.07, 6.45) is -0.969. The molecule has 0 saturated carbocycles. The van der Waals surface area contributed by atoms with Crippen LogP contribution in [0, 0.1) is 5.92 Å². The summed E-state index contributed by atoms with van der Waals surface area (Å²) < 4.78 is 60.0. The van der Waals surface area contributed by atoms with Crippen molar-refractivity contribution in [1.82, 2.24) is 4.98 Å². The van der Waals surface area contributed by atoms with Crippen LogP contribution in [0.15, 0.2) is 41.4 Å². The summed E-state index contributed by atoms with van der Waals surface area (Å²) in [6, 6.07) is 8.09. The maximum atomic E-state index is 12.9. The number of carboxylic acid groups (broad SMARTS) is 2. The number of pyridine rings is 1. The number of benzene rings is 1. The Balaban J connectivity index is 0.000000540. The molecule has 3 N–H and O–H groups in total. The van der Waals surface area contributed by atoms with Crippen molar-refractivity contribution in [2.75, 3.05) is 22.7 Å². The SMILES string of the molecule is CC(C)Cc1ccc(S(=O)(=O)Nc2cc(C(=O)O)cnc2N2CCCC2)cc1.O=C(O)C(F)(F)F. The Morgan fingerprint density at radius 1 is 1.11 bits per heavy atom. The lowest BCUT2D eigenvalue weighted by Crippen LogP contribution is -2.23. The summed E-state index contributed by atoms with van der Waals surface area (Å²) in [6.45, 7) is 5.74. The lowest BCUT2D eigenvalue weighted by atomic mass is 10.0. The van der Waals surface area contributed by atoms with Gasteiger partial charge in [-0.15, -0.1) is 0 Å². The molecule has 192 valence electrons. The van der Waals surface area contributed by atoms with E-state index < -0.39 is 28.1 Å². The first-order chi connectivity index (χ1) is 16.2. The highest BCUT2D eigenvalue weighted by Gasteiger charge is 2.38. The molecule has 2 aromatic rings. The number of hydrogen-bond donors (Lipinski definition) is 3. The van der Waals surface area contributed by atoms with E-state index in [2.05, 4.69) is 23.6 Å². The average molecular weight is 518 g/mol. The zero-order valence-electron chi connectivity index (χ0n) is 19.0. The summed E-state index contributed by atoms with van der Waals surface area (Å²) in [7, 11) is -3.86. The zero-order valence-corrected chi connectivity index (χ0v) is 19.9. The van der Waals surface area contributed by atoms with Gasteiger partial charge in [-0.05, 0) is 48.9 Å². The number of sulfonamides is 1. The van der Waals surface area contributed by atoms with Crippen molar-refractivity contribution in [3.63, 3.8) is 0 Å². The number of alkyl halides is 3. The third-order valence-electron chi connectivity index (χ3n) is 4.88. The van der Waals surface area contributed by atoms with Crippen LogP contribution in [0.2, 0.25) is 0 Å². The second kappa shape index (κ2) is 11.4. The van der Waals surface area contributed by atoms with E-state index in [9.17, 15) is 31.5 Å². The molecule has 0 amide bonds. The number of halogens is 3. The van der Waals surface area contributed by atoms with Crippen molar-refractivity contribution < 1.29 is 41.4 Å². The van der Waals surface area contributed by atoms with Crippen LogP contribution in [-0.2, 0) is 21.2 Å². The predicted molar refractivity (Wildman–Crippen MR) is 122 cm³/mol. The molecule has 1 saturated heterocycles. The molecule has 1 aliphatic rings. The Labute approximate surface area is 200 Å². The lowest BCUT2D eigenvalue weighted by Gasteiger charge is -2.21. The molecule has 1 aromatic carbocycles. The number of hydrogen-bond acceptors (Lipinski definition) is 6. The number of nitrogens with one attached hydrogen (secondary N) is 1. The second-order valence-corrected chi connectivity index (χ2v) is 9.93. The van der Waals surface area contributed by atoms with Gasteiger partial charge in [-0.3, -0.25) is 4.72 Å². The largest absolute Gasteiger partial charge is 0.490 e. The zero-order chi connectivity index (χ0) is 26.4. The summed E-state index contributed by atoms with van der Waals surface area (Å²) in [4.78, 5) is 26.5. The van der Waals surface area contributed by atoms with E-state index in [0.717, 1.165) is 37.9 Å². The molecule has 0 atom stereocenters. The molecule has 13 heteroatoms. The fourth-order valence-corrected chi connectivity index (χ4v) is 4.36. The van der Waals surface area contributed by atoms with Crippen LogP contribution >= 0.6 is 0 Å². The van der Waals surface area contributed by atoms with E-state index >= 15 is 0 Å². The Morgan fingerprint density at radius 3 is 2.11 bits per heavy atom. The predicted octanol–water partition coefficient (Wildman–Crippen LogP) is 4.01. The molecule has 35 heavy (non-hydrogen) atoms. The van der Waals surface area contributed by atoms with Crippen LogP contribution in [-0.4, -0.2) is 54.8 Å². The minimum Gasteiger partial charge on any atom is -0.478 e. The first-order valence-electron chi connectivity index (χ1n) is 10.6. The van der Waals surface area contributed by atoms with Gasteiger partial charge in [-0.25, -0.2) is 23.0 Å². The highest BCUT2D eigenvalue weighted by Crippen LogP contribution is 2.29. The van der Waals surface area contributed by atoms with Gasteiger partial charge in [-0.2, -0.15) is 13.2 Å². The number of aromatic nitrogens is 1. The van der Waals surface area contributed by atoms with Crippen molar-refractivity contribution in [3.05, 3.63) is 47.7 Å². The number of aliphatic carboxylic acids is 1. The molecule has 1 aliphatic heterocycles. The normalized spacial score (nSPS) is 13.8. The second-order valence-electron chi connectivity index (χ2n) is 8.24. The smallest absolute Gasteiger partial charge is 0.478 e. The van der Waals surface area contributed by atoms with E-state index in [1.807, 2.05) is 17.0 Å². The summed E-state index contributed by atoms with van der Waals surface area (Å²) in [5, 5.41) is 16.4. The standard InChI is InChI=1S/C20H25N3O4S.C2HF3O2/c1-14(2)11-15-5-7-17(8-6-15)28(26,27)22-18-12-16(20(24)25)13-21-19(18)23-9-3-4-10-23;3-2(4,5)1(6)7/h5-8,12-14,22H,3-4,9-11H2,1-2H3,(H,24,25);(H,6,7). The van der Waals surface area contributed by atoms with Gasteiger partial charge in [0, 0.05) is 19.3 Å². The van der Waals surface area contributed by atoms with Gasteiger partial charge >= 0.3 is 18.1 Å². The van der Waals surface area contributed by atoms with Crippen molar-refractivity contribution in [1.29, 1.82) is 0 Å². The fourth-order valence-electron chi connectivity index (χ4n) is 3.31. The Morgan fingerprint density at radius 2 is 1.66 bits per heavy atom. The molecule has 0 radical (unpaired) electrons. The maximum absolute atomic E-state index is 12.9. The van der Waals surface area contributed by atoms with E-state index in [0.29, 0.717) is 11.7 Å². The van der Waals surface area contributed by atoms with Crippen LogP contribution < -0.4 is 9.62 Å². The highest BCUT2D eigenvalue weighted by atomic mass is 32.2. The van der Waals surface area contributed by atoms with Crippen molar-refractivity contribution >= 4 is 33.5 Å². The third-order valence-corrected chi connectivity index (χ3v) is 6.27. The van der Waals surface area contributed by atoms with Crippen LogP contribution in [0.1, 0.15) is 42.6 Å². The first kappa shape index (κ1) is 27.9. The molecule has 0 unspecified atom stereocenters. The highest BCUT2D eigenvalue weighted by molar-refractivity contribution is 7.92. The summed E-state index contributed by atoms with van der Waals surface area (Å²) in [5.74, 6) is -2.97. The molecule has 3 rings (SSSR count). The summed E-state index contributed by atoms with van der Waals surface area (Å²) >= 11 is 0. The van der Waals surface area contributed by atoms with E-state index in [1.54, 1.807) is 12.1 Å². The van der Waals surface area contributed by atoms with E-state index in [4.69, 9.17) is 9.90 Å². The molecule has 1 fully saturated rings. The van der Waals surface area contributed by atoms with Crippen LogP contribution in [0.3, 0.4) is 0 Å². The number of rotatable bonds is 7. The Kier molecular flexibility index (Phi) is 9.07. The number of carboxylic acids is 2. The molecule has 0 spiro atoms. The number of aromatic carboxylic acids is 1. The van der Waals surface area contributed by atoms with Crippen LogP contribution in [0.25, 0.3) is 0 Å². The molecule has 2 heterocycles. The monoisotopic (exact) mass is 517 g/mol. The molecule has 0 bridgehead atoms. The molecule has 9 nitrogen and oxygen atoms in total. The van der Waals surface area contributed by atoms with Gasteiger partial charge in [0.25, 0.3) is 10.0 Å². The van der Waals surface area contributed by atoms with Gasteiger partial charge < -0.3 is 15.1 Å². The van der Waals surface area contributed by atoms with Gasteiger partial charge in [0.2, 0.25) is 0 Å². The van der Waals surface area contributed by atoms with Crippen molar-refractivity contribution in [3.8, 4) is 0 Å². The number of nitrogens with zero attached hydrogens (tertiary/aromatic N) is 2. The molecular formula is C22H26F3N3O6S. The minimum absolute atomic E-state index is 0.0621. The van der Waals surface area contributed by atoms with E-state index in [1.165, 1.54) is 12.3 Å². The topological polar surface area (TPSA) is 137 Å². The first-order valence-corrected chi connectivity index (χ1v) is 12.1. The minimum atomic E-state index is -5.08.